The number of carbonyl (C=O) groups is 2. The minimum absolute atomic E-state index is 0.141. The normalized spacial score (nSPS) is 17.3. The van der Waals surface area contributed by atoms with Gasteiger partial charge in [-0.1, -0.05) is 23.2 Å². The van der Waals surface area contributed by atoms with Crippen LogP contribution in [0.2, 0.25) is 10.0 Å². The number of Topliss-reactive ketones (excluding diaryl/α,β-unsaturated/α-hetero) is 1. The van der Waals surface area contributed by atoms with Crippen LogP contribution in [0.4, 0.5) is 5.69 Å². The Bertz CT molecular complexity index is 1270. The number of benzene rings is 2. The summed E-state index contributed by atoms with van der Waals surface area (Å²) in [5, 5.41) is 11.5. The summed E-state index contributed by atoms with van der Waals surface area (Å²) in [6.45, 7) is 4.10. The van der Waals surface area contributed by atoms with Gasteiger partial charge in [0, 0.05) is 11.3 Å². The molecule has 1 aromatic heterocycles. The first-order valence-electron chi connectivity index (χ1n) is 10.4. The lowest BCUT2D eigenvalue weighted by Crippen LogP contribution is -2.29. The van der Waals surface area contributed by atoms with Gasteiger partial charge in [0.2, 0.25) is 0 Å². The van der Waals surface area contributed by atoms with Crippen LogP contribution in [-0.4, -0.2) is 30.5 Å². The molecule has 1 N–H and O–H groups in total. The topological polar surface area (TPSA) is 89.2 Å². The number of aliphatic hydroxyl groups excluding tert-OH is 1. The summed E-state index contributed by atoms with van der Waals surface area (Å²) in [7, 11) is 1.41. The number of nitrogens with zero attached hydrogens (tertiary/aromatic N) is 1. The third-order valence-corrected chi connectivity index (χ3v) is 5.94. The van der Waals surface area contributed by atoms with Crippen molar-refractivity contribution in [2.45, 2.75) is 19.9 Å². The molecule has 2 heterocycles. The monoisotopic (exact) mass is 501 g/mol. The quantitative estimate of drug-likeness (QED) is 0.255. The minimum Gasteiger partial charge on any atom is -0.507 e. The van der Waals surface area contributed by atoms with Crippen molar-refractivity contribution in [2.24, 2.45) is 0 Å². The van der Waals surface area contributed by atoms with Gasteiger partial charge in [-0.2, -0.15) is 0 Å². The fourth-order valence-corrected chi connectivity index (χ4v) is 4.53. The predicted molar refractivity (Wildman–Crippen MR) is 129 cm³/mol. The van der Waals surface area contributed by atoms with Crippen molar-refractivity contribution in [3.05, 3.63) is 81.2 Å². The van der Waals surface area contributed by atoms with E-state index < -0.39 is 23.5 Å². The molecular formula is C25H21Cl2NO6. The number of hydrogen-bond donors (Lipinski definition) is 1. The van der Waals surface area contributed by atoms with E-state index in [0.717, 1.165) is 0 Å². The van der Waals surface area contributed by atoms with Crippen molar-refractivity contribution in [3.8, 4) is 11.5 Å². The van der Waals surface area contributed by atoms with Gasteiger partial charge in [0.15, 0.2) is 5.75 Å². The number of rotatable bonds is 6. The van der Waals surface area contributed by atoms with Crippen molar-refractivity contribution in [1.29, 1.82) is 0 Å². The van der Waals surface area contributed by atoms with E-state index in [9.17, 15) is 14.7 Å². The zero-order valence-electron chi connectivity index (χ0n) is 18.6. The first kappa shape index (κ1) is 23.7. The van der Waals surface area contributed by atoms with Crippen molar-refractivity contribution in [2.75, 3.05) is 18.6 Å². The Hall–Kier alpha value is -3.42. The number of ether oxygens (including phenoxy) is 2. The van der Waals surface area contributed by atoms with E-state index in [2.05, 4.69) is 0 Å². The Morgan fingerprint density at radius 1 is 1.09 bits per heavy atom. The average molecular weight is 502 g/mol. The zero-order valence-corrected chi connectivity index (χ0v) is 20.1. The second-order valence-corrected chi connectivity index (χ2v) is 8.33. The molecule has 1 aliphatic heterocycles. The fourth-order valence-electron chi connectivity index (χ4n) is 3.89. The lowest BCUT2D eigenvalue weighted by Gasteiger charge is -2.23. The summed E-state index contributed by atoms with van der Waals surface area (Å²) in [5.41, 5.74) is 0.453. The highest BCUT2D eigenvalue weighted by Crippen LogP contribution is 2.44. The maximum absolute atomic E-state index is 13.2. The second kappa shape index (κ2) is 9.44. The summed E-state index contributed by atoms with van der Waals surface area (Å²) < 4.78 is 16.4. The molecule has 0 saturated carbocycles. The highest BCUT2D eigenvalue weighted by Gasteiger charge is 2.48. The van der Waals surface area contributed by atoms with E-state index in [-0.39, 0.29) is 26.9 Å². The molecule has 1 aliphatic rings. The van der Waals surface area contributed by atoms with E-state index in [1.165, 1.54) is 24.1 Å². The van der Waals surface area contributed by atoms with E-state index in [0.29, 0.717) is 29.6 Å². The third-order valence-electron chi connectivity index (χ3n) is 5.38. The van der Waals surface area contributed by atoms with Crippen LogP contribution in [-0.2, 0) is 9.59 Å². The summed E-state index contributed by atoms with van der Waals surface area (Å²) in [6.07, 6.45) is 0. The molecule has 9 heteroatoms. The number of anilines is 1. The lowest BCUT2D eigenvalue weighted by atomic mass is 9.99. The molecule has 1 amide bonds. The van der Waals surface area contributed by atoms with Crippen LogP contribution in [0, 0.1) is 6.92 Å². The predicted octanol–water partition coefficient (Wildman–Crippen LogP) is 5.93. The molecule has 176 valence electrons. The summed E-state index contributed by atoms with van der Waals surface area (Å²) in [6, 6.07) is 11.9. The largest absolute Gasteiger partial charge is 0.507 e. The standard InChI is InChI=1S/C25H21Cl2NO6/c1-4-33-16-8-6-15(7-9-16)28-21(19-10-5-13(2)34-19)20(23(30)25(28)31)22(29)14-11-17(26)24(32-3)18(27)12-14/h5-12,21,29H,4H2,1-3H3/b22-20-. The van der Waals surface area contributed by atoms with Gasteiger partial charge in [0.05, 0.1) is 29.3 Å². The highest BCUT2D eigenvalue weighted by molar-refractivity contribution is 6.51. The molecule has 0 aliphatic carbocycles. The molecule has 0 radical (unpaired) electrons. The van der Waals surface area contributed by atoms with Crippen LogP contribution in [0.5, 0.6) is 11.5 Å². The van der Waals surface area contributed by atoms with Gasteiger partial charge < -0.3 is 19.0 Å². The molecule has 7 nitrogen and oxygen atoms in total. The summed E-state index contributed by atoms with van der Waals surface area (Å²) >= 11 is 12.5. The Morgan fingerprint density at radius 2 is 1.74 bits per heavy atom. The third kappa shape index (κ3) is 4.13. The molecule has 0 bridgehead atoms. The van der Waals surface area contributed by atoms with Crippen LogP contribution in [0.1, 0.15) is 30.0 Å². The fraction of sp³-hybridized carbons (Fsp3) is 0.200. The van der Waals surface area contributed by atoms with Crippen LogP contribution in [0.25, 0.3) is 5.76 Å². The average Bonchev–Trinajstić information content (AvgIpc) is 3.35. The molecule has 3 aromatic rings. The van der Waals surface area contributed by atoms with E-state index in [4.69, 9.17) is 37.1 Å². The number of furan rings is 1. The van der Waals surface area contributed by atoms with E-state index in [1.54, 1.807) is 43.3 Å². The first-order chi connectivity index (χ1) is 16.3. The Morgan fingerprint density at radius 3 is 2.26 bits per heavy atom. The first-order valence-corrected chi connectivity index (χ1v) is 11.2. The van der Waals surface area contributed by atoms with Crippen molar-refractivity contribution in [1.82, 2.24) is 0 Å². The maximum Gasteiger partial charge on any atom is 0.300 e. The number of ketones is 1. The second-order valence-electron chi connectivity index (χ2n) is 7.52. The lowest BCUT2D eigenvalue weighted by molar-refractivity contribution is -0.132. The van der Waals surface area contributed by atoms with Gasteiger partial charge in [-0.15, -0.1) is 0 Å². The minimum atomic E-state index is -1.01. The molecule has 2 aromatic carbocycles. The molecular weight excluding hydrogens is 481 g/mol. The number of amides is 1. The molecule has 1 atom stereocenters. The van der Waals surface area contributed by atoms with Crippen LogP contribution >= 0.6 is 23.2 Å². The van der Waals surface area contributed by atoms with E-state index in [1.807, 2.05) is 6.92 Å². The molecule has 1 fully saturated rings. The van der Waals surface area contributed by atoms with Crippen LogP contribution in [0.3, 0.4) is 0 Å². The maximum atomic E-state index is 13.2. The van der Waals surface area contributed by atoms with Crippen LogP contribution < -0.4 is 14.4 Å². The highest BCUT2D eigenvalue weighted by atomic mass is 35.5. The smallest absolute Gasteiger partial charge is 0.300 e. The summed E-state index contributed by atoms with van der Waals surface area (Å²) in [4.78, 5) is 27.7. The molecule has 0 spiro atoms. The van der Waals surface area contributed by atoms with E-state index >= 15 is 0 Å². The number of halogens is 2. The van der Waals surface area contributed by atoms with Gasteiger partial charge >= 0.3 is 0 Å². The zero-order chi connectivity index (χ0) is 24.6. The summed E-state index contributed by atoms with van der Waals surface area (Å²) in [5.74, 6) is -0.356. The van der Waals surface area contributed by atoms with Crippen molar-refractivity contribution >= 4 is 46.3 Å². The number of aliphatic hydroxyl groups is 1. The molecule has 34 heavy (non-hydrogen) atoms. The van der Waals surface area contributed by atoms with Crippen LogP contribution in [0.15, 0.2) is 58.5 Å². The molecule has 1 saturated heterocycles. The number of aryl methyl sites for hydroxylation is 1. The number of hydrogen-bond acceptors (Lipinski definition) is 6. The Kier molecular flexibility index (Phi) is 6.59. The molecule has 1 unspecified atom stereocenters. The van der Waals surface area contributed by atoms with Crippen molar-refractivity contribution in [3.63, 3.8) is 0 Å². The van der Waals surface area contributed by atoms with Gasteiger partial charge in [-0.3, -0.25) is 14.5 Å². The molecule has 4 rings (SSSR count). The number of carbonyl (C=O) groups excluding carboxylic acids is 2. The van der Waals surface area contributed by atoms with Gasteiger partial charge in [0.1, 0.15) is 29.1 Å². The Labute approximate surface area is 206 Å². The van der Waals surface area contributed by atoms with Crippen molar-refractivity contribution < 1.29 is 28.6 Å². The van der Waals surface area contributed by atoms with Gasteiger partial charge in [-0.05, 0) is 62.4 Å². The van der Waals surface area contributed by atoms with Gasteiger partial charge in [0.25, 0.3) is 11.7 Å². The van der Waals surface area contributed by atoms with Gasteiger partial charge in [-0.25, -0.2) is 0 Å². The Balaban J connectivity index is 1.89. The number of methoxy groups -OCH3 is 1. The SMILES string of the molecule is CCOc1ccc(N2C(=O)C(=O)/C(=C(\O)c3cc(Cl)c(OC)c(Cl)c3)C2c2ccc(C)o2)cc1.